The van der Waals surface area contributed by atoms with Crippen LogP contribution in [0.5, 0.6) is 5.75 Å². The second-order valence-electron chi connectivity index (χ2n) is 9.30. The number of nitrogens with two attached hydrogens (primary N) is 1. The number of benzene rings is 1. The monoisotopic (exact) mass is 665 g/mol. The van der Waals surface area contributed by atoms with Gasteiger partial charge in [-0.05, 0) is 24.3 Å². The van der Waals surface area contributed by atoms with Gasteiger partial charge >= 0.3 is 5.97 Å². The summed E-state index contributed by atoms with van der Waals surface area (Å²) < 4.78 is 65.0. The highest BCUT2D eigenvalue weighted by atomic mass is 16.6. The summed E-state index contributed by atoms with van der Waals surface area (Å²) >= 11 is 0. The maximum absolute atomic E-state index is 10.3. The number of aliphatic carboxylic acids is 1. The number of hydrogen-bond donors (Lipinski definition) is 2. The van der Waals surface area contributed by atoms with Crippen molar-refractivity contribution in [2.24, 2.45) is 0 Å². The predicted molar refractivity (Wildman–Crippen MR) is 168 cm³/mol. The standard InChI is InChI=1S/C31H55NO14/c32-29-1-3-30(4-2-29)46-28-27-45-26-25-44-24-23-43-22-21-42-20-19-41-18-17-40-16-15-39-14-13-38-12-11-37-10-9-36-8-7-35-6-5-31(33)34/h1-4H,5-28,32H2,(H,33,34). The number of hydrogen-bond acceptors (Lipinski definition) is 14. The summed E-state index contributed by atoms with van der Waals surface area (Å²) in [4.78, 5) is 10.3. The van der Waals surface area contributed by atoms with E-state index in [0.29, 0.717) is 151 Å². The highest BCUT2D eigenvalue weighted by Gasteiger charge is 1.98. The number of anilines is 1. The molecule has 0 spiro atoms. The van der Waals surface area contributed by atoms with E-state index in [1.807, 2.05) is 12.1 Å². The number of carboxylic acids is 1. The molecule has 0 amide bonds. The lowest BCUT2D eigenvalue weighted by molar-refractivity contribution is -0.138. The predicted octanol–water partition coefficient (Wildman–Crippen LogP) is 1.30. The first-order valence-electron chi connectivity index (χ1n) is 15.7. The van der Waals surface area contributed by atoms with Gasteiger partial charge in [-0.1, -0.05) is 0 Å². The third kappa shape index (κ3) is 31.8. The molecule has 0 fully saturated rings. The van der Waals surface area contributed by atoms with Crippen molar-refractivity contribution >= 4 is 11.7 Å². The van der Waals surface area contributed by atoms with Gasteiger partial charge in [0.25, 0.3) is 0 Å². The Balaban J connectivity index is 1.62. The van der Waals surface area contributed by atoms with Crippen LogP contribution in [0, 0.1) is 0 Å². The van der Waals surface area contributed by atoms with E-state index < -0.39 is 5.97 Å². The molecule has 0 bridgehead atoms. The van der Waals surface area contributed by atoms with Gasteiger partial charge in [0.05, 0.1) is 152 Å². The first-order chi connectivity index (χ1) is 22.7. The molecule has 0 aliphatic rings. The Labute approximate surface area is 272 Å². The highest BCUT2D eigenvalue weighted by molar-refractivity contribution is 5.66. The number of nitrogen functional groups attached to an aromatic ring is 1. The summed E-state index contributed by atoms with van der Waals surface area (Å²) in [6.45, 7) is 10.7. The van der Waals surface area contributed by atoms with Gasteiger partial charge in [0.1, 0.15) is 12.4 Å². The van der Waals surface area contributed by atoms with Crippen molar-refractivity contribution in [3.63, 3.8) is 0 Å². The molecule has 0 radical (unpaired) electrons. The zero-order valence-corrected chi connectivity index (χ0v) is 27.1. The van der Waals surface area contributed by atoms with Crippen molar-refractivity contribution in [1.29, 1.82) is 0 Å². The number of carbonyl (C=O) groups is 1. The van der Waals surface area contributed by atoms with Crippen LogP contribution in [-0.4, -0.2) is 163 Å². The smallest absolute Gasteiger partial charge is 0.305 e. The summed E-state index contributed by atoms with van der Waals surface area (Å²) in [7, 11) is 0. The molecule has 1 aromatic rings. The van der Waals surface area contributed by atoms with Gasteiger partial charge in [-0.3, -0.25) is 4.79 Å². The van der Waals surface area contributed by atoms with Gasteiger partial charge in [-0.2, -0.15) is 0 Å². The fourth-order valence-electron chi connectivity index (χ4n) is 3.24. The molecule has 1 rings (SSSR count). The summed E-state index contributed by atoms with van der Waals surface area (Å²) in [5.41, 5.74) is 6.34. The summed E-state index contributed by atoms with van der Waals surface area (Å²) in [5.74, 6) is -0.109. The Hall–Kier alpha value is -2.15. The van der Waals surface area contributed by atoms with Crippen LogP contribution >= 0.6 is 0 Å². The average Bonchev–Trinajstić information content (AvgIpc) is 3.05. The van der Waals surface area contributed by atoms with Gasteiger partial charge in [-0.25, -0.2) is 0 Å². The van der Waals surface area contributed by atoms with E-state index in [1.54, 1.807) is 12.1 Å². The minimum absolute atomic E-state index is 0.00361. The molecular formula is C31H55NO14. The molecule has 0 heterocycles. The largest absolute Gasteiger partial charge is 0.491 e. The molecule has 0 aliphatic heterocycles. The van der Waals surface area contributed by atoms with Crippen molar-refractivity contribution in [2.45, 2.75) is 6.42 Å². The zero-order chi connectivity index (χ0) is 33.0. The Morgan fingerprint density at radius 1 is 0.413 bits per heavy atom. The molecular weight excluding hydrogens is 610 g/mol. The lowest BCUT2D eigenvalue weighted by Gasteiger charge is -2.09. The van der Waals surface area contributed by atoms with Crippen molar-refractivity contribution in [2.75, 3.05) is 158 Å². The van der Waals surface area contributed by atoms with Gasteiger partial charge < -0.3 is 67.7 Å². The van der Waals surface area contributed by atoms with Crippen LogP contribution in [0.2, 0.25) is 0 Å². The third-order valence-electron chi connectivity index (χ3n) is 5.56. The zero-order valence-electron chi connectivity index (χ0n) is 27.1. The van der Waals surface area contributed by atoms with Crippen molar-refractivity contribution in [3.05, 3.63) is 24.3 Å². The molecule has 15 heteroatoms. The van der Waals surface area contributed by atoms with Gasteiger partial charge in [0.2, 0.25) is 0 Å². The lowest BCUT2D eigenvalue weighted by Crippen LogP contribution is -2.15. The molecule has 268 valence electrons. The van der Waals surface area contributed by atoms with Crippen LogP contribution in [0.4, 0.5) is 5.69 Å². The van der Waals surface area contributed by atoms with E-state index in [2.05, 4.69) is 0 Å². The second kappa shape index (κ2) is 34.2. The van der Waals surface area contributed by atoms with Gasteiger partial charge in [0.15, 0.2) is 0 Å². The third-order valence-corrected chi connectivity index (χ3v) is 5.56. The van der Waals surface area contributed by atoms with E-state index in [9.17, 15) is 4.79 Å². The first-order valence-corrected chi connectivity index (χ1v) is 15.7. The highest BCUT2D eigenvalue weighted by Crippen LogP contribution is 2.12. The van der Waals surface area contributed by atoms with E-state index >= 15 is 0 Å². The lowest BCUT2D eigenvalue weighted by atomic mass is 10.3. The molecule has 1 aromatic carbocycles. The molecule has 0 atom stereocenters. The average molecular weight is 666 g/mol. The van der Waals surface area contributed by atoms with Gasteiger partial charge in [0, 0.05) is 5.69 Å². The topological polar surface area (TPSA) is 174 Å². The number of ether oxygens (including phenoxy) is 12. The molecule has 0 aliphatic carbocycles. The second-order valence-corrected chi connectivity index (χ2v) is 9.30. The number of rotatable bonds is 37. The number of carboxylic acid groups (broad SMARTS) is 1. The summed E-state index contributed by atoms with van der Waals surface area (Å²) in [6, 6.07) is 7.25. The Kier molecular flexibility index (Phi) is 31.1. The van der Waals surface area contributed by atoms with Crippen LogP contribution < -0.4 is 10.5 Å². The summed E-state index contributed by atoms with van der Waals surface area (Å²) in [6.07, 6.45) is -0.00361. The van der Waals surface area contributed by atoms with Crippen molar-refractivity contribution in [3.8, 4) is 5.75 Å². The molecule has 0 aromatic heterocycles. The van der Waals surface area contributed by atoms with E-state index in [-0.39, 0.29) is 13.0 Å². The fourth-order valence-corrected chi connectivity index (χ4v) is 3.24. The fraction of sp³-hybridized carbons (Fsp3) is 0.774. The van der Waals surface area contributed by atoms with Crippen LogP contribution in [0.25, 0.3) is 0 Å². The van der Waals surface area contributed by atoms with Crippen molar-refractivity contribution < 1.29 is 66.7 Å². The van der Waals surface area contributed by atoms with E-state index in [0.717, 1.165) is 5.75 Å². The quantitative estimate of drug-likeness (QED) is 0.0768. The molecule has 0 unspecified atom stereocenters. The molecule has 0 saturated carbocycles. The maximum atomic E-state index is 10.3. The van der Waals surface area contributed by atoms with Crippen LogP contribution in [-0.2, 0) is 56.9 Å². The Bertz CT molecular complexity index is 774. The SMILES string of the molecule is Nc1ccc(OCCOCCOCCOCCOCCOCCOCCOCCOCCOCCOCCOCCC(=O)O)cc1. The maximum Gasteiger partial charge on any atom is 0.305 e. The van der Waals surface area contributed by atoms with E-state index in [1.165, 1.54) is 0 Å². The van der Waals surface area contributed by atoms with Crippen LogP contribution in [0.1, 0.15) is 6.42 Å². The molecule has 46 heavy (non-hydrogen) atoms. The van der Waals surface area contributed by atoms with E-state index in [4.69, 9.17) is 67.7 Å². The van der Waals surface area contributed by atoms with Gasteiger partial charge in [-0.15, -0.1) is 0 Å². The molecule has 3 N–H and O–H groups in total. The van der Waals surface area contributed by atoms with Crippen molar-refractivity contribution in [1.82, 2.24) is 0 Å². The minimum atomic E-state index is -0.875. The first kappa shape index (κ1) is 41.9. The Morgan fingerprint density at radius 2 is 0.652 bits per heavy atom. The van der Waals surface area contributed by atoms with Crippen LogP contribution in [0.3, 0.4) is 0 Å². The minimum Gasteiger partial charge on any atom is -0.491 e. The normalized spacial score (nSPS) is 11.3. The Morgan fingerprint density at radius 3 is 0.913 bits per heavy atom. The molecule has 15 nitrogen and oxygen atoms in total. The summed E-state index contributed by atoms with van der Waals surface area (Å²) in [5, 5.41) is 8.48. The van der Waals surface area contributed by atoms with Crippen LogP contribution in [0.15, 0.2) is 24.3 Å². The molecule has 0 saturated heterocycles.